The highest BCUT2D eigenvalue weighted by atomic mass is 16.6. The molecule has 1 heterocycles. The number of nitro groups is 1. The van der Waals surface area contributed by atoms with Crippen molar-refractivity contribution in [2.24, 2.45) is 0 Å². The molecule has 0 aliphatic rings. The first-order chi connectivity index (χ1) is 9.60. The van der Waals surface area contributed by atoms with Crippen LogP contribution in [0.5, 0.6) is 0 Å². The number of rotatable bonds is 4. The summed E-state index contributed by atoms with van der Waals surface area (Å²) in [6, 6.07) is 9.42. The molecule has 6 nitrogen and oxygen atoms in total. The van der Waals surface area contributed by atoms with E-state index in [2.05, 4.69) is 4.74 Å². The fraction of sp³-hybridized carbons (Fsp3) is 0.0714. The van der Waals surface area contributed by atoms with E-state index in [1.807, 2.05) is 0 Å². The lowest BCUT2D eigenvalue weighted by molar-refractivity contribution is -0.384. The summed E-state index contributed by atoms with van der Waals surface area (Å²) in [6.07, 6.45) is 2.74. The van der Waals surface area contributed by atoms with Gasteiger partial charge in [0.05, 0.1) is 12.0 Å². The number of benzene rings is 1. The van der Waals surface area contributed by atoms with Crippen LogP contribution in [0.15, 0.2) is 46.9 Å². The van der Waals surface area contributed by atoms with Crippen molar-refractivity contribution in [2.45, 2.75) is 0 Å². The quantitative estimate of drug-likeness (QED) is 0.370. The highest BCUT2D eigenvalue weighted by Gasteiger charge is 2.07. The van der Waals surface area contributed by atoms with Gasteiger partial charge in [-0.15, -0.1) is 0 Å². The normalized spacial score (nSPS) is 10.7. The van der Waals surface area contributed by atoms with Crippen molar-refractivity contribution in [2.75, 3.05) is 7.11 Å². The second kappa shape index (κ2) is 5.83. The topological polar surface area (TPSA) is 82.6 Å². The van der Waals surface area contributed by atoms with Crippen LogP contribution in [0.25, 0.3) is 17.4 Å². The third kappa shape index (κ3) is 3.11. The Kier molecular flexibility index (Phi) is 3.95. The maximum Gasteiger partial charge on any atom is 0.330 e. The van der Waals surface area contributed by atoms with E-state index in [-0.39, 0.29) is 5.69 Å². The maximum atomic E-state index is 10.9. The number of ether oxygens (including phenoxy) is 1. The van der Waals surface area contributed by atoms with E-state index in [0.29, 0.717) is 17.1 Å². The molecule has 0 fully saturated rings. The predicted octanol–water partition coefficient (Wildman–Crippen LogP) is 3.04. The van der Waals surface area contributed by atoms with Crippen molar-refractivity contribution in [1.29, 1.82) is 0 Å². The van der Waals surface area contributed by atoms with Gasteiger partial charge in [0.1, 0.15) is 11.5 Å². The smallest absolute Gasteiger partial charge is 0.330 e. The Morgan fingerprint density at radius 3 is 2.55 bits per heavy atom. The van der Waals surface area contributed by atoms with Gasteiger partial charge in [0.2, 0.25) is 0 Å². The zero-order valence-corrected chi connectivity index (χ0v) is 10.6. The molecule has 0 aliphatic carbocycles. The van der Waals surface area contributed by atoms with Crippen molar-refractivity contribution in [1.82, 2.24) is 0 Å². The third-order valence-corrected chi connectivity index (χ3v) is 2.57. The van der Waals surface area contributed by atoms with E-state index in [4.69, 9.17) is 4.42 Å². The lowest BCUT2D eigenvalue weighted by Gasteiger charge is -1.96. The van der Waals surface area contributed by atoms with Crippen molar-refractivity contribution >= 4 is 17.7 Å². The largest absolute Gasteiger partial charge is 0.466 e. The first kappa shape index (κ1) is 13.5. The maximum absolute atomic E-state index is 10.9. The molecule has 0 saturated heterocycles. The lowest BCUT2D eigenvalue weighted by Crippen LogP contribution is -1.92. The number of hydrogen-bond donors (Lipinski definition) is 0. The summed E-state index contributed by atoms with van der Waals surface area (Å²) in [7, 11) is 1.29. The van der Waals surface area contributed by atoms with Gasteiger partial charge < -0.3 is 9.15 Å². The number of carbonyl (C=O) groups is 1. The van der Waals surface area contributed by atoms with Crippen LogP contribution in [0.4, 0.5) is 5.69 Å². The van der Waals surface area contributed by atoms with Crippen LogP contribution in [0.3, 0.4) is 0 Å². The van der Waals surface area contributed by atoms with Gasteiger partial charge in [-0.2, -0.15) is 0 Å². The fourth-order valence-corrected chi connectivity index (χ4v) is 1.56. The van der Waals surface area contributed by atoms with Gasteiger partial charge in [-0.25, -0.2) is 4.79 Å². The molecule has 2 rings (SSSR count). The Hall–Kier alpha value is -2.89. The van der Waals surface area contributed by atoms with Crippen molar-refractivity contribution in [3.05, 3.63) is 58.3 Å². The number of methoxy groups -OCH3 is 1. The summed E-state index contributed by atoms with van der Waals surface area (Å²) in [4.78, 5) is 21.0. The standard InChI is InChI=1S/C14H11NO5/c1-19-14(16)9-7-12-6-8-13(20-12)10-2-4-11(5-3-10)15(17)18/h2-9H,1H3/b9-7+. The highest BCUT2D eigenvalue weighted by Crippen LogP contribution is 2.24. The monoisotopic (exact) mass is 273 g/mol. The Morgan fingerprint density at radius 2 is 1.95 bits per heavy atom. The van der Waals surface area contributed by atoms with Crippen LogP contribution in [-0.4, -0.2) is 18.0 Å². The average molecular weight is 273 g/mol. The van der Waals surface area contributed by atoms with Crippen molar-refractivity contribution < 1.29 is 18.9 Å². The van der Waals surface area contributed by atoms with Gasteiger partial charge in [-0.1, -0.05) is 0 Å². The summed E-state index contributed by atoms with van der Waals surface area (Å²) in [6.45, 7) is 0. The van der Waals surface area contributed by atoms with Crippen LogP contribution in [0.2, 0.25) is 0 Å². The lowest BCUT2D eigenvalue weighted by atomic mass is 10.1. The van der Waals surface area contributed by atoms with Crippen LogP contribution in [0, 0.1) is 10.1 Å². The minimum atomic E-state index is -0.474. The SMILES string of the molecule is COC(=O)/C=C/c1ccc(-c2ccc([N+](=O)[O-])cc2)o1. The summed E-state index contributed by atoms with van der Waals surface area (Å²) in [5, 5.41) is 10.6. The van der Waals surface area contributed by atoms with Crippen LogP contribution in [-0.2, 0) is 9.53 Å². The van der Waals surface area contributed by atoms with Crippen LogP contribution < -0.4 is 0 Å². The highest BCUT2D eigenvalue weighted by molar-refractivity contribution is 5.86. The summed E-state index contributed by atoms with van der Waals surface area (Å²) >= 11 is 0. The average Bonchev–Trinajstić information content (AvgIpc) is 2.93. The number of hydrogen-bond acceptors (Lipinski definition) is 5. The van der Waals surface area contributed by atoms with Gasteiger partial charge in [0, 0.05) is 23.8 Å². The minimum Gasteiger partial charge on any atom is -0.466 e. The molecule has 0 saturated carbocycles. The molecule has 1 aromatic heterocycles. The third-order valence-electron chi connectivity index (χ3n) is 2.57. The van der Waals surface area contributed by atoms with E-state index >= 15 is 0 Å². The molecule has 1 aromatic carbocycles. The Bertz CT molecular complexity index is 654. The van der Waals surface area contributed by atoms with Crippen molar-refractivity contribution in [3.8, 4) is 11.3 Å². The molecule has 0 bridgehead atoms. The molecule has 2 aromatic rings. The van der Waals surface area contributed by atoms with E-state index in [1.165, 1.54) is 31.4 Å². The molecule has 102 valence electrons. The molecule has 0 amide bonds. The van der Waals surface area contributed by atoms with Gasteiger partial charge in [-0.05, 0) is 30.3 Å². The molecule has 0 radical (unpaired) electrons. The second-order valence-electron chi connectivity index (χ2n) is 3.86. The first-order valence-electron chi connectivity index (χ1n) is 5.71. The molecule has 0 unspecified atom stereocenters. The zero-order chi connectivity index (χ0) is 14.5. The number of furan rings is 1. The van der Waals surface area contributed by atoms with Crippen molar-refractivity contribution in [3.63, 3.8) is 0 Å². The first-order valence-corrected chi connectivity index (χ1v) is 5.71. The van der Waals surface area contributed by atoms with Crippen LogP contribution in [0.1, 0.15) is 5.76 Å². The molecule has 6 heteroatoms. The Morgan fingerprint density at radius 1 is 1.25 bits per heavy atom. The zero-order valence-electron chi connectivity index (χ0n) is 10.6. The summed E-state index contributed by atoms with van der Waals surface area (Å²) in [5.41, 5.74) is 0.736. The van der Waals surface area contributed by atoms with E-state index < -0.39 is 10.9 Å². The van der Waals surface area contributed by atoms with Gasteiger partial charge >= 0.3 is 5.97 Å². The Labute approximate surface area is 114 Å². The predicted molar refractivity (Wildman–Crippen MR) is 71.8 cm³/mol. The van der Waals surface area contributed by atoms with Gasteiger partial charge in [0.25, 0.3) is 5.69 Å². The summed E-state index contributed by atoms with van der Waals surface area (Å²) < 4.78 is 9.97. The number of esters is 1. The van der Waals surface area contributed by atoms with E-state index in [1.54, 1.807) is 24.3 Å². The van der Waals surface area contributed by atoms with Gasteiger partial charge in [0.15, 0.2) is 0 Å². The number of nitro benzene ring substituents is 1. The molecular weight excluding hydrogens is 262 g/mol. The summed E-state index contributed by atoms with van der Waals surface area (Å²) in [5.74, 6) is 0.575. The molecule has 0 N–H and O–H groups in total. The number of carbonyl (C=O) groups excluding carboxylic acids is 1. The van der Waals surface area contributed by atoms with E-state index in [0.717, 1.165) is 0 Å². The molecular formula is C14H11NO5. The number of nitrogens with zero attached hydrogens (tertiary/aromatic N) is 1. The number of non-ortho nitro benzene ring substituents is 1. The molecule has 20 heavy (non-hydrogen) atoms. The second-order valence-corrected chi connectivity index (χ2v) is 3.86. The molecule has 0 aliphatic heterocycles. The minimum absolute atomic E-state index is 0.0196. The fourth-order valence-electron chi connectivity index (χ4n) is 1.56. The molecule has 0 atom stereocenters. The van der Waals surface area contributed by atoms with Gasteiger partial charge in [-0.3, -0.25) is 10.1 Å². The Balaban J connectivity index is 2.18. The van der Waals surface area contributed by atoms with E-state index in [9.17, 15) is 14.9 Å². The molecule has 0 spiro atoms. The van der Waals surface area contributed by atoms with Crippen LogP contribution >= 0.6 is 0 Å².